The number of aryl methyl sites for hydroxylation is 1. The van der Waals surface area contributed by atoms with E-state index in [2.05, 4.69) is 32.6 Å². The summed E-state index contributed by atoms with van der Waals surface area (Å²) in [6, 6.07) is 8.62. The van der Waals surface area contributed by atoms with Gasteiger partial charge in [0.15, 0.2) is 5.76 Å². The molecule has 5 nitrogen and oxygen atoms in total. The summed E-state index contributed by atoms with van der Waals surface area (Å²) in [5.74, 6) is 1.76. The third-order valence-corrected chi connectivity index (χ3v) is 5.53. The van der Waals surface area contributed by atoms with Gasteiger partial charge in [-0.1, -0.05) is 12.5 Å². The van der Waals surface area contributed by atoms with Gasteiger partial charge in [-0.05, 0) is 55.8 Å². The molecule has 1 aliphatic rings. The Labute approximate surface area is 145 Å². The van der Waals surface area contributed by atoms with Crippen LogP contribution in [0.25, 0.3) is 11.7 Å². The van der Waals surface area contributed by atoms with E-state index in [0.29, 0.717) is 23.6 Å². The van der Waals surface area contributed by atoms with Gasteiger partial charge in [0.1, 0.15) is 0 Å². The Kier molecular flexibility index (Phi) is 4.76. The zero-order valence-electron chi connectivity index (χ0n) is 13.6. The van der Waals surface area contributed by atoms with Crippen LogP contribution >= 0.6 is 11.3 Å². The van der Waals surface area contributed by atoms with Crippen LogP contribution in [0.5, 0.6) is 0 Å². The Morgan fingerprint density at radius 2 is 2.21 bits per heavy atom. The fraction of sp³-hybridized carbons (Fsp3) is 0.444. The van der Waals surface area contributed by atoms with E-state index >= 15 is 0 Å². The molecule has 1 saturated heterocycles. The van der Waals surface area contributed by atoms with Crippen molar-refractivity contribution in [3.8, 4) is 11.7 Å². The van der Waals surface area contributed by atoms with Gasteiger partial charge < -0.3 is 8.83 Å². The first kappa shape index (κ1) is 15.6. The Morgan fingerprint density at radius 1 is 1.21 bits per heavy atom. The molecule has 4 heterocycles. The van der Waals surface area contributed by atoms with Crippen LogP contribution in [0.1, 0.15) is 36.5 Å². The molecule has 0 unspecified atom stereocenters. The Bertz CT molecular complexity index is 736. The second kappa shape index (κ2) is 7.32. The first-order valence-corrected chi connectivity index (χ1v) is 9.39. The molecule has 0 radical (unpaired) electrons. The molecular formula is C18H21N3O2S. The Morgan fingerprint density at radius 3 is 3.04 bits per heavy atom. The standard InChI is InChI=1S/C18H21N3O2S/c1-2-10-21(14(5-1)8-9-15-6-4-12-24-15)13-17-19-20-18(23-17)16-7-3-11-22-16/h3-4,6-7,11-12,14H,1-2,5,8-10,13H2/t14-/m0/s1. The molecule has 3 aromatic rings. The molecule has 6 heteroatoms. The second-order valence-corrected chi connectivity index (χ2v) is 7.25. The van der Waals surface area contributed by atoms with Crippen LogP contribution in [0.2, 0.25) is 0 Å². The third-order valence-electron chi connectivity index (χ3n) is 4.59. The van der Waals surface area contributed by atoms with Crippen LogP contribution in [0.3, 0.4) is 0 Å². The molecule has 24 heavy (non-hydrogen) atoms. The largest absolute Gasteiger partial charge is 0.459 e. The molecule has 4 rings (SSSR count). The molecule has 0 N–H and O–H groups in total. The van der Waals surface area contributed by atoms with E-state index in [1.54, 1.807) is 6.26 Å². The maximum absolute atomic E-state index is 5.77. The van der Waals surface area contributed by atoms with Crippen LogP contribution in [0.4, 0.5) is 0 Å². The van der Waals surface area contributed by atoms with Crippen molar-refractivity contribution in [3.05, 3.63) is 46.7 Å². The first-order valence-electron chi connectivity index (χ1n) is 8.51. The van der Waals surface area contributed by atoms with Crippen molar-refractivity contribution in [2.45, 2.75) is 44.7 Å². The van der Waals surface area contributed by atoms with Gasteiger partial charge in [-0.2, -0.15) is 0 Å². The summed E-state index contributed by atoms with van der Waals surface area (Å²) in [6.07, 6.45) is 7.77. The van der Waals surface area contributed by atoms with E-state index in [1.807, 2.05) is 23.5 Å². The number of piperidine rings is 1. The van der Waals surface area contributed by atoms with Crippen LogP contribution in [0, 0.1) is 0 Å². The Hall–Kier alpha value is -1.92. The van der Waals surface area contributed by atoms with Gasteiger partial charge in [-0.25, -0.2) is 0 Å². The number of hydrogen-bond donors (Lipinski definition) is 0. The molecule has 1 atom stereocenters. The lowest BCUT2D eigenvalue weighted by Gasteiger charge is -2.34. The van der Waals surface area contributed by atoms with E-state index in [0.717, 1.165) is 19.5 Å². The fourth-order valence-electron chi connectivity index (χ4n) is 3.35. The molecule has 0 spiro atoms. The maximum Gasteiger partial charge on any atom is 0.283 e. The smallest absolute Gasteiger partial charge is 0.283 e. The number of aromatic nitrogens is 2. The number of likely N-dealkylation sites (tertiary alicyclic amines) is 1. The first-order chi connectivity index (χ1) is 11.9. The highest BCUT2D eigenvalue weighted by Gasteiger charge is 2.24. The summed E-state index contributed by atoms with van der Waals surface area (Å²) < 4.78 is 11.1. The van der Waals surface area contributed by atoms with Gasteiger partial charge in [0.05, 0.1) is 12.8 Å². The second-order valence-electron chi connectivity index (χ2n) is 6.22. The zero-order chi connectivity index (χ0) is 16.2. The minimum atomic E-state index is 0.460. The lowest BCUT2D eigenvalue weighted by atomic mass is 9.97. The molecule has 0 aromatic carbocycles. The third kappa shape index (κ3) is 3.60. The van der Waals surface area contributed by atoms with Crippen LogP contribution in [-0.4, -0.2) is 27.7 Å². The van der Waals surface area contributed by atoms with Crippen molar-refractivity contribution in [1.82, 2.24) is 15.1 Å². The van der Waals surface area contributed by atoms with Gasteiger partial charge in [-0.15, -0.1) is 21.5 Å². The average molecular weight is 343 g/mol. The number of furan rings is 1. The molecular weight excluding hydrogens is 322 g/mol. The quantitative estimate of drug-likeness (QED) is 0.665. The fourth-order valence-corrected chi connectivity index (χ4v) is 4.07. The summed E-state index contributed by atoms with van der Waals surface area (Å²) in [5, 5.41) is 10.5. The molecule has 3 aromatic heterocycles. The van der Waals surface area contributed by atoms with Crippen molar-refractivity contribution in [2.75, 3.05) is 6.54 Å². The lowest BCUT2D eigenvalue weighted by molar-refractivity contribution is 0.121. The van der Waals surface area contributed by atoms with Gasteiger partial charge >= 0.3 is 0 Å². The molecule has 126 valence electrons. The summed E-state index contributed by atoms with van der Waals surface area (Å²) in [5.41, 5.74) is 0. The van der Waals surface area contributed by atoms with E-state index in [1.165, 1.54) is 30.6 Å². The predicted molar refractivity (Wildman–Crippen MR) is 92.7 cm³/mol. The topological polar surface area (TPSA) is 55.3 Å². The van der Waals surface area contributed by atoms with Crippen molar-refractivity contribution in [2.24, 2.45) is 0 Å². The van der Waals surface area contributed by atoms with Gasteiger partial charge in [0.25, 0.3) is 5.89 Å². The van der Waals surface area contributed by atoms with Crippen molar-refractivity contribution in [1.29, 1.82) is 0 Å². The van der Waals surface area contributed by atoms with Gasteiger partial charge in [0.2, 0.25) is 5.89 Å². The van der Waals surface area contributed by atoms with E-state index in [4.69, 9.17) is 8.83 Å². The van der Waals surface area contributed by atoms with Crippen LogP contribution in [0.15, 0.2) is 44.7 Å². The number of thiophene rings is 1. The highest BCUT2D eigenvalue weighted by atomic mass is 32.1. The summed E-state index contributed by atoms with van der Waals surface area (Å²) in [4.78, 5) is 3.97. The maximum atomic E-state index is 5.77. The lowest BCUT2D eigenvalue weighted by Crippen LogP contribution is -2.39. The number of nitrogens with zero attached hydrogens (tertiary/aromatic N) is 3. The van der Waals surface area contributed by atoms with Crippen molar-refractivity contribution >= 4 is 11.3 Å². The predicted octanol–water partition coefficient (Wildman–Crippen LogP) is 4.38. The van der Waals surface area contributed by atoms with E-state index in [9.17, 15) is 0 Å². The van der Waals surface area contributed by atoms with E-state index in [-0.39, 0.29) is 0 Å². The van der Waals surface area contributed by atoms with Crippen molar-refractivity contribution < 1.29 is 8.83 Å². The number of hydrogen-bond acceptors (Lipinski definition) is 6. The Balaban J connectivity index is 1.39. The minimum absolute atomic E-state index is 0.460. The number of rotatable bonds is 6. The highest BCUT2D eigenvalue weighted by molar-refractivity contribution is 7.09. The van der Waals surface area contributed by atoms with Crippen molar-refractivity contribution in [3.63, 3.8) is 0 Å². The zero-order valence-corrected chi connectivity index (χ0v) is 14.4. The molecule has 0 saturated carbocycles. The monoisotopic (exact) mass is 343 g/mol. The summed E-state index contributed by atoms with van der Waals surface area (Å²) in [6.45, 7) is 1.83. The average Bonchev–Trinajstić information content (AvgIpc) is 3.36. The molecule has 0 amide bonds. The molecule has 1 aliphatic heterocycles. The summed E-state index contributed by atoms with van der Waals surface area (Å²) in [7, 11) is 0. The molecule has 0 bridgehead atoms. The summed E-state index contributed by atoms with van der Waals surface area (Å²) >= 11 is 1.85. The van der Waals surface area contributed by atoms with Crippen LogP contribution in [-0.2, 0) is 13.0 Å². The molecule has 1 fully saturated rings. The van der Waals surface area contributed by atoms with Crippen LogP contribution < -0.4 is 0 Å². The minimum Gasteiger partial charge on any atom is -0.459 e. The highest BCUT2D eigenvalue weighted by Crippen LogP contribution is 2.25. The SMILES string of the molecule is c1coc(-c2nnc(CN3CCCC[C@H]3CCc3cccs3)o2)c1. The van der Waals surface area contributed by atoms with E-state index < -0.39 is 0 Å². The van der Waals surface area contributed by atoms with Gasteiger partial charge in [-0.3, -0.25) is 4.90 Å². The molecule has 0 aliphatic carbocycles. The van der Waals surface area contributed by atoms with Gasteiger partial charge in [0, 0.05) is 10.9 Å². The normalized spacial score (nSPS) is 18.9.